The fourth-order valence-corrected chi connectivity index (χ4v) is 4.31. The number of ether oxygens (including phenoxy) is 1. The molecule has 1 fully saturated rings. The summed E-state index contributed by atoms with van der Waals surface area (Å²) in [5.41, 5.74) is 2.39. The normalized spacial score (nSPS) is 16.9. The molecule has 4 rings (SSSR count). The minimum atomic E-state index is -0.374. The van der Waals surface area contributed by atoms with Gasteiger partial charge in [-0.25, -0.2) is 4.39 Å². The lowest BCUT2D eigenvalue weighted by Crippen LogP contribution is -2.47. The van der Waals surface area contributed by atoms with Gasteiger partial charge in [-0.3, -0.25) is 14.5 Å². The molecule has 2 aliphatic rings. The van der Waals surface area contributed by atoms with E-state index in [9.17, 15) is 14.0 Å². The van der Waals surface area contributed by atoms with E-state index in [4.69, 9.17) is 4.74 Å². The average Bonchev–Trinajstić information content (AvgIpc) is 3.07. The number of hydrogen-bond donors (Lipinski definition) is 0. The van der Waals surface area contributed by atoms with Crippen LogP contribution < -0.4 is 9.64 Å². The van der Waals surface area contributed by atoms with Crippen molar-refractivity contribution in [3.63, 3.8) is 0 Å². The molecule has 32 heavy (non-hydrogen) atoms. The first-order chi connectivity index (χ1) is 15.5. The molecule has 168 valence electrons. The van der Waals surface area contributed by atoms with E-state index < -0.39 is 0 Å². The van der Waals surface area contributed by atoms with Crippen LogP contribution in [0.1, 0.15) is 25.3 Å². The minimum Gasteiger partial charge on any atom is -0.495 e. The van der Waals surface area contributed by atoms with Crippen LogP contribution in [0.3, 0.4) is 0 Å². The molecule has 2 aromatic carbocycles. The number of unbranched alkanes of at least 4 members (excludes halogenated alkanes) is 1. The van der Waals surface area contributed by atoms with Crippen LogP contribution in [0.2, 0.25) is 0 Å². The second kappa shape index (κ2) is 9.42. The van der Waals surface area contributed by atoms with Gasteiger partial charge >= 0.3 is 0 Å². The highest BCUT2D eigenvalue weighted by molar-refractivity contribution is 6.35. The van der Waals surface area contributed by atoms with Crippen molar-refractivity contribution in [2.75, 3.05) is 44.7 Å². The summed E-state index contributed by atoms with van der Waals surface area (Å²) in [5, 5.41) is 0. The molecule has 2 amide bonds. The van der Waals surface area contributed by atoms with Crippen molar-refractivity contribution in [2.24, 2.45) is 0 Å². The number of carbonyl (C=O) groups excluding carboxylic acids is 2. The van der Waals surface area contributed by atoms with E-state index >= 15 is 0 Å². The minimum absolute atomic E-state index is 0.256. The summed E-state index contributed by atoms with van der Waals surface area (Å²) in [7, 11) is 1.66. The second-order valence-corrected chi connectivity index (χ2v) is 7.99. The zero-order chi connectivity index (χ0) is 22.7. The van der Waals surface area contributed by atoms with Crippen molar-refractivity contribution in [2.45, 2.75) is 19.8 Å². The monoisotopic (exact) mass is 437 g/mol. The molecule has 2 aromatic rings. The fraction of sp³-hybridized carbons (Fsp3) is 0.360. The largest absolute Gasteiger partial charge is 0.495 e. The summed E-state index contributed by atoms with van der Waals surface area (Å²) in [6, 6.07) is 13.7. The topological polar surface area (TPSA) is 53.1 Å². The van der Waals surface area contributed by atoms with Crippen molar-refractivity contribution in [3.8, 4) is 5.75 Å². The van der Waals surface area contributed by atoms with Gasteiger partial charge in [0.15, 0.2) is 0 Å². The summed E-state index contributed by atoms with van der Waals surface area (Å²) in [6.07, 6.45) is 1.64. The maximum absolute atomic E-state index is 13.5. The van der Waals surface area contributed by atoms with E-state index in [2.05, 4.69) is 4.90 Å². The number of imide groups is 1. The summed E-state index contributed by atoms with van der Waals surface area (Å²) in [6.45, 7) is 4.99. The van der Waals surface area contributed by atoms with Gasteiger partial charge in [0.25, 0.3) is 11.8 Å². The first-order valence-electron chi connectivity index (χ1n) is 11.0. The average molecular weight is 438 g/mol. The number of halogens is 1. The summed E-state index contributed by atoms with van der Waals surface area (Å²) < 4.78 is 19.0. The van der Waals surface area contributed by atoms with E-state index in [-0.39, 0.29) is 17.6 Å². The van der Waals surface area contributed by atoms with Gasteiger partial charge in [-0.2, -0.15) is 0 Å². The van der Waals surface area contributed by atoms with Crippen LogP contribution in [0.4, 0.5) is 10.1 Å². The molecule has 0 radical (unpaired) electrons. The molecule has 0 atom stereocenters. The SMILES string of the molecule is CCCCN1C(=O)C(c2ccc(F)cc2)=C(N2CCN(c3ccccc3OC)CC2)C1=O. The Morgan fingerprint density at radius 3 is 2.22 bits per heavy atom. The number of methoxy groups -OCH3 is 1. The van der Waals surface area contributed by atoms with E-state index in [1.54, 1.807) is 19.2 Å². The molecular formula is C25H28FN3O3. The number of nitrogens with zero attached hydrogens (tertiary/aromatic N) is 3. The quantitative estimate of drug-likeness (QED) is 0.621. The molecule has 1 saturated heterocycles. The second-order valence-electron chi connectivity index (χ2n) is 7.99. The number of benzene rings is 2. The lowest BCUT2D eigenvalue weighted by molar-refractivity contribution is -0.137. The third-order valence-corrected chi connectivity index (χ3v) is 6.03. The van der Waals surface area contributed by atoms with Gasteiger partial charge in [0.2, 0.25) is 0 Å². The van der Waals surface area contributed by atoms with Gasteiger partial charge in [0, 0.05) is 32.7 Å². The summed E-state index contributed by atoms with van der Waals surface area (Å²) >= 11 is 0. The summed E-state index contributed by atoms with van der Waals surface area (Å²) in [4.78, 5) is 32.1. The Hall–Kier alpha value is -3.35. The first-order valence-corrected chi connectivity index (χ1v) is 11.0. The molecule has 0 unspecified atom stereocenters. The number of piperazine rings is 1. The van der Waals surface area contributed by atoms with Gasteiger partial charge in [-0.05, 0) is 36.2 Å². The van der Waals surface area contributed by atoms with E-state index in [1.807, 2.05) is 36.1 Å². The zero-order valence-electron chi connectivity index (χ0n) is 18.5. The number of carbonyl (C=O) groups is 2. The molecule has 0 spiro atoms. The van der Waals surface area contributed by atoms with Crippen LogP contribution in [0.15, 0.2) is 54.2 Å². The van der Waals surface area contributed by atoms with Crippen LogP contribution in [-0.2, 0) is 9.59 Å². The van der Waals surface area contributed by atoms with Crippen LogP contribution >= 0.6 is 0 Å². The molecule has 6 nitrogen and oxygen atoms in total. The van der Waals surface area contributed by atoms with Crippen LogP contribution in [0.5, 0.6) is 5.75 Å². The van der Waals surface area contributed by atoms with Crippen LogP contribution in [0, 0.1) is 5.82 Å². The first kappa shape index (κ1) is 21.9. The molecule has 0 aliphatic carbocycles. The maximum Gasteiger partial charge on any atom is 0.277 e. The van der Waals surface area contributed by atoms with Crippen molar-refractivity contribution in [3.05, 3.63) is 65.6 Å². The highest BCUT2D eigenvalue weighted by atomic mass is 19.1. The maximum atomic E-state index is 13.5. The lowest BCUT2D eigenvalue weighted by atomic mass is 10.0. The Balaban J connectivity index is 1.62. The number of hydrogen-bond acceptors (Lipinski definition) is 5. The molecule has 2 heterocycles. The van der Waals surface area contributed by atoms with Crippen LogP contribution in [0.25, 0.3) is 5.57 Å². The van der Waals surface area contributed by atoms with E-state index in [0.29, 0.717) is 49.6 Å². The molecular weight excluding hydrogens is 409 g/mol. The molecule has 0 N–H and O–H groups in total. The Bertz CT molecular complexity index is 1030. The molecule has 2 aliphatic heterocycles. The predicted molar refractivity (Wildman–Crippen MR) is 122 cm³/mol. The van der Waals surface area contributed by atoms with Gasteiger partial charge in [0.1, 0.15) is 17.3 Å². The third-order valence-electron chi connectivity index (χ3n) is 6.03. The Morgan fingerprint density at radius 2 is 1.56 bits per heavy atom. The lowest BCUT2D eigenvalue weighted by Gasteiger charge is -2.38. The molecule has 0 saturated carbocycles. The molecule has 0 aromatic heterocycles. The number of amides is 2. The zero-order valence-corrected chi connectivity index (χ0v) is 18.5. The van der Waals surface area contributed by atoms with Crippen molar-refractivity contribution in [1.29, 1.82) is 0 Å². The molecule has 0 bridgehead atoms. The standard InChI is InChI=1S/C25H28FN3O3/c1-3-4-13-29-24(30)22(18-9-11-19(26)12-10-18)23(25(29)31)28-16-14-27(15-17-28)20-7-5-6-8-21(20)32-2/h5-12H,3-4,13-17H2,1-2H3. The highest BCUT2D eigenvalue weighted by Crippen LogP contribution is 2.34. The number of rotatable bonds is 7. The van der Waals surface area contributed by atoms with Gasteiger partial charge in [-0.1, -0.05) is 37.6 Å². The summed E-state index contributed by atoms with van der Waals surface area (Å²) in [5.74, 6) is -0.114. The van der Waals surface area contributed by atoms with E-state index in [1.165, 1.54) is 17.0 Å². The van der Waals surface area contributed by atoms with Crippen molar-refractivity contribution in [1.82, 2.24) is 9.80 Å². The van der Waals surface area contributed by atoms with Crippen molar-refractivity contribution >= 4 is 23.1 Å². The molecule has 7 heteroatoms. The fourth-order valence-electron chi connectivity index (χ4n) is 4.31. The Labute approximate surface area is 187 Å². The van der Waals surface area contributed by atoms with Gasteiger partial charge in [-0.15, -0.1) is 0 Å². The van der Waals surface area contributed by atoms with Gasteiger partial charge in [0.05, 0.1) is 18.4 Å². The number of para-hydroxylation sites is 2. The van der Waals surface area contributed by atoms with Gasteiger partial charge < -0.3 is 14.5 Å². The Morgan fingerprint density at radius 1 is 0.906 bits per heavy atom. The third kappa shape index (κ3) is 4.07. The highest BCUT2D eigenvalue weighted by Gasteiger charge is 2.41. The van der Waals surface area contributed by atoms with Crippen molar-refractivity contribution < 1.29 is 18.7 Å². The predicted octanol–water partition coefficient (Wildman–Crippen LogP) is 3.54. The Kier molecular flexibility index (Phi) is 6.44. The smallest absolute Gasteiger partial charge is 0.277 e. The van der Waals surface area contributed by atoms with E-state index in [0.717, 1.165) is 24.3 Å². The van der Waals surface area contributed by atoms with Crippen LogP contribution in [-0.4, -0.2) is 61.4 Å². The number of anilines is 1.